The summed E-state index contributed by atoms with van der Waals surface area (Å²) in [6.07, 6.45) is 3.39. The first-order chi connectivity index (χ1) is 13.1. The fraction of sp³-hybridized carbons (Fsp3) is 0.100. The minimum absolute atomic E-state index is 0.135. The van der Waals surface area contributed by atoms with Gasteiger partial charge in [0.15, 0.2) is 0 Å². The van der Waals surface area contributed by atoms with Gasteiger partial charge in [-0.25, -0.2) is 5.43 Å². The lowest BCUT2D eigenvalue weighted by Gasteiger charge is -2.07. The Morgan fingerprint density at radius 1 is 1.07 bits per heavy atom. The summed E-state index contributed by atoms with van der Waals surface area (Å²) in [5.41, 5.74) is 4.83. The number of carbonyl (C=O) groups is 1. The number of aromatic nitrogens is 1. The first kappa shape index (κ1) is 18.5. The van der Waals surface area contributed by atoms with Crippen molar-refractivity contribution in [3.8, 4) is 0 Å². The Kier molecular flexibility index (Phi) is 5.48. The van der Waals surface area contributed by atoms with Crippen LogP contribution in [-0.4, -0.2) is 16.7 Å². The summed E-state index contributed by atoms with van der Waals surface area (Å²) in [5.74, 6) is 0.464. The van der Waals surface area contributed by atoms with E-state index in [1.807, 2.05) is 0 Å². The number of hydrazone groups is 1. The number of benzene rings is 2. The average molecular weight is 583 g/mol. The van der Waals surface area contributed by atoms with E-state index in [2.05, 4.69) is 96.7 Å². The van der Waals surface area contributed by atoms with Crippen LogP contribution in [0.4, 0.5) is 0 Å². The van der Waals surface area contributed by atoms with Crippen LogP contribution in [0.25, 0.3) is 21.8 Å². The van der Waals surface area contributed by atoms with Crippen molar-refractivity contribution in [3.05, 3.63) is 67.7 Å². The van der Waals surface area contributed by atoms with Gasteiger partial charge in [0.25, 0.3) is 0 Å². The molecule has 0 saturated carbocycles. The Hall–Kier alpha value is -1.88. The number of aryl methyl sites for hydroxylation is 1. The Labute approximate surface area is 183 Å². The Balaban J connectivity index is 1.56. The van der Waals surface area contributed by atoms with Crippen LogP contribution in [0.2, 0.25) is 0 Å². The normalized spacial score (nSPS) is 11.6. The summed E-state index contributed by atoms with van der Waals surface area (Å²) in [6, 6.07) is 16.4. The third kappa shape index (κ3) is 4.03. The summed E-state index contributed by atoms with van der Waals surface area (Å²) in [4.78, 5) is 12.2. The fourth-order valence-corrected chi connectivity index (χ4v) is 4.07. The van der Waals surface area contributed by atoms with Gasteiger partial charge in [-0.1, -0.05) is 0 Å². The number of rotatable bonds is 5. The van der Waals surface area contributed by atoms with E-state index in [0.29, 0.717) is 18.7 Å². The van der Waals surface area contributed by atoms with E-state index >= 15 is 0 Å². The zero-order valence-corrected chi connectivity index (χ0v) is 18.5. The molecule has 2 heterocycles. The van der Waals surface area contributed by atoms with Crippen molar-refractivity contribution < 1.29 is 9.21 Å². The van der Waals surface area contributed by atoms with Gasteiger partial charge in [-0.2, -0.15) is 5.10 Å². The van der Waals surface area contributed by atoms with E-state index in [0.717, 1.165) is 11.0 Å². The fourth-order valence-electron chi connectivity index (χ4n) is 3.09. The highest BCUT2D eigenvalue weighted by atomic mass is 127. The highest BCUT2D eigenvalue weighted by Crippen LogP contribution is 2.31. The Morgan fingerprint density at radius 2 is 1.74 bits per heavy atom. The SMILES string of the molecule is O=C(CCn1c2ccc(I)cc2c2cc(I)ccc21)NN=Cc1ccco1. The molecule has 0 bridgehead atoms. The topological polar surface area (TPSA) is 59.5 Å². The van der Waals surface area contributed by atoms with E-state index in [1.54, 1.807) is 18.4 Å². The van der Waals surface area contributed by atoms with Crippen molar-refractivity contribution in [3.63, 3.8) is 0 Å². The van der Waals surface area contributed by atoms with Gasteiger partial charge >= 0.3 is 0 Å². The van der Waals surface area contributed by atoms with Crippen LogP contribution >= 0.6 is 45.2 Å². The molecule has 0 fully saturated rings. The van der Waals surface area contributed by atoms with Gasteiger partial charge in [0, 0.05) is 41.9 Å². The van der Waals surface area contributed by atoms with E-state index in [1.165, 1.54) is 24.1 Å². The minimum atomic E-state index is -0.135. The van der Waals surface area contributed by atoms with Crippen molar-refractivity contribution in [1.29, 1.82) is 0 Å². The molecule has 1 N–H and O–H groups in total. The van der Waals surface area contributed by atoms with E-state index in [-0.39, 0.29) is 5.91 Å². The van der Waals surface area contributed by atoms with Crippen LogP contribution < -0.4 is 5.43 Å². The maximum Gasteiger partial charge on any atom is 0.241 e. The second kappa shape index (κ2) is 8.01. The van der Waals surface area contributed by atoms with Gasteiger partial charge in [-0.05, 0) is 93.7 Å². The first-order valence-corrected chi connectivity index (χ1v) is 10.5. The summed E-state index contributed by atoms with van der Waals surface area (Å²) < 4.78 is 9.74. The molecule has 0 unspecified atom stereocenters. The maximum absolute atomic E-state index is 12.2. The highest BCUT2D eigenvalue weighted by Gasteiger charge is 2.12. The molecule has 0 aliphatic carbocycles. The third-order valence-electron chi connectivity index (χ3n) is 4.28. The molecule has 0 aliphatic heterocycles. The largest absolute Gasteiger partial charge is 0.463 e. The quantitative estimate of drug-likeness (QED) is 0.201. The zero-order chi connectivity index (χ0) is 18.8. The van der Waals surface area contributed by atoms with Gasteiger partial charge in [-0.3, -0.25) is 4.79 Å². The molecule has 0 saturated heterocycles. The van der Waals surface area contributed by atoms with Crippen LogP contribution in [0.1, 0.15) is 12.2 Å². The summed E-state index contributed by atoms with van der Waals surface area (Å²) >= 11 is 4.66. The zero-order valence-electron chi connectivity index (χ0n) is 14.2. The molecule has 5 nitrogen and oxygen atoms in total. The van der Waals surface area contributed by atoms with Gasteiger partial charge in [-0.15, -0.1) is 0 Å². The number of halogens is 2. The molecule has 0 spiro atoms. The van der Waals surface area contributed by atoms with E-state index in [9.17, 15) is 4.79 Å². The molecule has 0 atom stereocenters. The lowest BCUT2D eigenvalue weighted by molar-refractivity contribution is -0.121. The Morgan fingerprint density at radius 3 is 2.33 bits per heavy atom. The molecule has 0 aliphatic rings. The maximum atomic E-state index is 12.2. The van der Waals surface area contributed by atoms with Crippen molar-refractivity contribution in [2.75, 3.05) is 0 Å². The van der Waals surface area contributed by atoms with Crippen LogP contribution in [0.15, 0.2) is 64.3 Å². The second-order valence-corrected chi connectivity index (χ2v) is 8.52. The molecule has 0 radical (unpaired) electrons. The summed E-state index contributed by atoms with van der Waals surface area (Å²) in [7, 11) is 0. The molecule has 2 aromatic carbocycles. The number of nitrogens with one attached hydrogen (secondary N) is 1. The molecular weight excluding hydrogens is 568 g/mol. The van der Waals surface area contributed by atoms with E-state index in [4.69, 9.17) is 4.42 Å². The number of furan rings is 1. The predicted molar refractivity (Wildman–Crippen MR) is 124 cm³/mol. The van der Waals surface area contributed by atoms with Crippen molar-refractivity contribution in [2.24, 2.45) is 5.10 Å². The van der Waals surface area contributed by atoms with Gasteiger partial charge in [0.05, 0.1) is 12.5 Å². The van der Waals surface area contributed by atoms with Crippen molar-refractivity contribution in [2.45, 2.75) is 13.0 Å². The molecule has 1 amide bonds. The van der Waals surface area contributed by atoms with Crippen LogP contribution in [-0.2, 0) is 11.3 Å². The Bertz CT molecular complexity index is 1090. The molecule has 136 valence electrons. The molecular formula is C20H15I2N3O2. The van der Waals surface area contributed by atoms with Crippen LogP contribution in [0.3, 0.4) is 0 Å². The molecule has 4 rings (SSSR count). The van der Waals surface area contributed by atoms with Gasteiger partial charge in [0.2, 0.25) is 5.91 Å². The number of hydrogen-bond donors (Lipinski definition) is 1. The van der Waals surface area contributed by atoms with Crippen molar-refractivity contribution in [1.82, 2.24) is 9.99 Å². The molecule has 7 heteroatoms. The lowest BCUT2D eigenvalue weighted by atomic mass is 10.2. The third-order valence-corrected chi connectivity index (χ3v) is 5.62. The standard InChI is InChI=1S/C20H15I2N3O2/c21-13-3-5-18-16(10-13)17-11-14(22)4-6-19(17)25(18)8-7-20(26)24-23-12-15-2-1-9-27-15/h1-6,9-12H,7-8H2,(H,24,26). The minimum Gasteiger partial charge on any atom is -0.463 e. The van der Waals surface area contributed by atoms with E-state index < -0.39 is 0 Å². The number of carbonyl (C=O) groups excluding carboxylic acids is 1. The molecule has 4 aromatic rings. The smallest absolute Gasteiger partial charge is 0.241 e. The average Bonchev–Trinajstić information content (AvgIpc) is 3.26. The second-order valence-electron chi connectivity index (χ2n) is 6.03. The number of amides is 1. The number of hydrogen-bond acceptors (Lipinski definition) is 3. The molecule has 27 heavy (non-hydrogen) atoms. The summed E-state index contributed by atoms with van der Waals surface area (Å²) in [5, 5.41) is 6.36. The van der Waals surface area contributed by atoms with Crippen LogP contribution in [0, 0.1) is 7.14 Å². The summed E-state index contributed by atoms with van der Waals surface area (Å²) in [6.45, 7) is 0.587. The lowest BCUT2D eigenvalue weighted by Crippen LogP contribution is -2.19. The van der Waals surface area contributed by atoms with Crippen LogP contribution in [0.5, 0.6) is 0 Å². The van der Waals surface area contributed by atoms with Gasteiger partial charge < -0.3 is 8.98 Å². The predicted octanol–water partition coefficient (Wildman–Crippen LogP) is 5.14. The number of fused-ring (bicyclic) bond motifs is 3. The monoisotopic (exact) mass is 583 g/mol. The number of nitrogens with zero attached hydrogens (tertiary/aromatic N) is 2. The highest BCUT2D eigenvalue weighted by molar-refractivity contribution is 14.1. The molecule has 2 aromatic heterocycles. The van der Waals surface area contributed by atoms with Gasteiger partial charge in [0.1, 0.15) is 5.76 Å². The first-order valence-electron chi connectivity index (χ1n) is 8.34. The van der Waals surface area contributed by atoms with Crippen molar-refractivity contribution >= 4 is 79.1 Å².